The minimum absolute atomic E-state index is 0.0955. The molecule has 1 aliphatic heterocycles. The molecule has 0 fully saturated rings. The highest BCUT2D eigenvalue weighted by Crippen LogP contribution is 2.39. The van der Waals surface area contributed by atoms with E-state index in [4.69, 9.17) is 14.4 Å². The third-order valence-electron chi connectivity index (χ3n) is 3.24. The second-order valence-corrected chi connectivity index (χ2v) is 6.25. The van der Waals surface area contributed by atoms with Crippen LogP contribution in [0.5, 0.6) is 0 Å². The maximum atomic E-state index is 10.7. The van der Waals surface area contributed by atoms with Gasteiger partial charge in [0.1, 0.15) is 6.61 Å². The fourth-order valence-electron chi connectivity index (χ4n) is 2.18. The van der Waals surface area contributed by atoms with Crippen LogP contribution in [-0.2, 0) is 11.3 Å². The molecule has 1 aromatic heterocycles. The van der Waals surface area contributed by atoms with Gasteiger partial charge in [0, 0.05) is 16.2 Å². The number of carboxylic acid groups (broad SMARTS) is 1. The van der Waals surface area contributed by atoms with Gasteiger partial charge >= 0.3 is 5.97 Å². The van der Waals surface area contributed by atoms with Gasteiger partial charge in [0.05, 0.1) is 6.61 Å². The topological polar surface area (TPSA) is 72.6 Å². The Kier molecular flexibility index (Phi) is 4.60. The van der Waals surface area contributed by atoms with E-state index in [1.807, 2.05) is 18.2 Å². The average molecular weight is 317 g/mol. The number of rotatable bonds is 6. The molecule has 1 unspecified atom stereocenters. The second kappa shape index (κ2) is 6.81. The molecular formula is C16H15NO4S. The molecule has 0 saturated carbocycles. The maximum absolute atomic E-state index is 10.7. The van der Waals surface area contributed by atoms with Gasteiger partial charge in [-0.25, -0.2) is 4.79 Å². The first kappa shape index (κ1) is 14.9. The van der Waals surface area contributed by atoms with E-state index in [0.29, 0.717) is 17.6 Å². The number of nitrogens with zero attached hydrogens (tertiary/aromatic N) is 1. The summed E-state index contributed by atoms with van der Waals surface area (Å²) in [7, 11) is 0. The Hall–Kier alpha value is -2.05. The van der Waals surface area contributed by atoms with E-state index in [-0.39, 0.29) is 12.3 Å². The van der Waals surface area contributed by atoms with Crippen molar-refractivity contribution in [1.82, 2.24) is 5.16 Å². The number of benzene rings is 1. The van der Waals surface area contributed by atoms with Crippen molar-refractivity contribution >= 4 is 22.6 Å². The van der Waals surface area contributed by atoms with Crippen LogP contribution in [0.2, 0.25) is 0 Å². The molecule has 2 heterocycles. The zero-order chi connectivity index (χ0) is 15.4. The van der Waals surface area contributed by atoms with E-state index in [1.54, 1.807) is 11.8 Å². The molecule has 1 aromatic carbocycles. The Morgan fingerprint density at radius 1 is 1.41 bits per heavy atom. The summed E-state index contributed by atoms with van der Waals surface area (Å²) in [6.45, 7) is 0.818. The molecule has 3 rings (SSSR count). The highest BCUT2D eigenvalue weighted by atomic mass is 32.2. The Bertz CT molecular complexity index is 680. The van der Waals surface area contributed by atoms with Crippen molar-refractivity contribution in [3.05, 3.63) is 59.5 Å². The standard InChI is InChI=1S/C16H15NO4S/c18-16(19)14-8-12(21-17-14)9-20-10-13-6-7-15(22-13)11-4-2-1-3-5-11/h1-5,7-8,13H,6,9-10H2,(H,18,19). The van der Waals surface area contributed by atoms with Gasteiger partial charge in [-0.05, 0) is 12.0 Å². The van der Waals surface area contributed by atoms with Crippen LogP contribution < -0.4 is 0 Å². The molecule has 2 aromatic rings. The summed E-state index contributed by atoms with van der Waals surface area (Å²) in [5, 5.41) is 12.6. The summed E-state index contributed by atoms with van der Waals surface area (Å²) in [4.78, 5) is 12.0. The highest BCUT2D eigenvalue weighted by molar-refractivity contribution is 8.09. The molecule has 114 valence electrons. The SMILES string of the molecule is O=C(O)c1cc(COCC2CC=C(c3ccccc3)S2)on1. The quantitative estimate of drug-likeness (QED) is 0.880. The van der Waals surface area contributed by atoms with E-state index >= 15 is 0 Å². The first-order valence-corrected chi connectivity index (χ1v) is 7.79. The van der Waals surface area contributed by atoms with Crippen LogP contribution >= 0.6 is 11.8 Å². The van der Waals surface area contributed by atoms with Crippen LogP contribution in [0.25, 0.3) is 4.91 Å². The van der Waals surface area contributed by atoms with Crippen molar-refractivity contribution in [3.63, 3.8) is 0 Å². The monoisotopic (exact) mass is 317 g/mol. The molecule has 0 aliphatic carbocycles. The van der Waals surface area contributed by atoms with Crippen LogP contribution in [0.4, 0.5) is 0 Å². The van der Waals surface area contributed by atoms with E-state index in [0.717, 1.165) is 6.42 Å². The molecule has 0 spiro atoms. The van der Waals surface area contributed by atoms with Gasteiger partial charge in [-0.3, -0.25) is 0 Å². The van der Waals surface area contributed by atoms with E-state index < -0.39 is 5.97 Å². The van der Waals surface area contributed by atoms with Crippen LogP contribution in [-0.4, -0.2) is 28.1 Å². The number of carboxylic acids is 1. The number of thioether (sulfide) groups is 1. The van der Waals surface area contributed by atoms with Gasteiger partial charge in [0.25, 0.3) is 0 Å². The molecule has 22 heavy (non-hydrogen) atoms. The Morgan fingerprint density at radius 2 is 2.23 bits per heavy atom. The van der Waals surface area contributed by atoms with Crippen LogP contribution in [0.3, 0.4) is 0 Å². The molecule has 0 radical (unpaired) electrons. The number of allylic oxidation sites excluding steroid dienone is 1. The normalized spacial score (nSPS) is 17.5. The summed E-state index contributed by atoms with van der Waals surface area (Å²) >= 11 is 1.80. The Balaban J connectivity index is 1.45. The van der Waals surface area contributed by atoms with Crippen molar-refractivity contribution in [3.8, 4) is 0 Å². The number of carbonyl (C=O) groups is 1. The molecule has 0 bridgehead atoms. The lowest BCUT2D eigenvalue weighted by atomic mass is 10.2. The number of aromatic carboxylic acids is 1. The van der Waals surface area contributed by atoms with E-state index in [1.165, 1.54) is 16.5 Å². The predicted molar refractivity (Wildman–Crippen MR) is 83.5 cm³/mol. The molecule has 0 amide bonds. The fourth-order valence-corrected chi connectivity index (χ4v) is 3.36. The maximum Gasteiger partial charge on any atom is 0.358 e. The van der Waals surface area contributed by atoms with Crippen molar-refractivity contribution < 1.29 is 19.2 Å². The number of hydrogen-bond acceptors (Lipinski definition) is 5. The second-order valence-electron chi connectivity index (χ2n) is 4.91. The van der Waals surface area contributed by atoms with Gasteiger partial charge in [0.15, 0.2) is 11.5 Å². The molecule has 1 N–H and O–H groups in total. The summed E-state index contributed by atoms with van der Waals surface area (Å²) < 4.78 is 10.5. The zero-order valence-electron chi connectivity index (χ0n) is 11.8. The van der Waals surface area contributed by atoms with Gasteiger partial charge in [0.2, 0.25) is 0 Å². The molecule has 1 aliphatic rings. The first-order chi connectivity index (χ1) is 10.7. The minimum atomic E-state index is -1.10. The molecular weight excluding hydrogens is 302 g/mol. The molecule has 0 saturated heterocycles. The number of hydrogen-bond donors (Lipinski definition) is 1. The fraction of sp³-hybridized carbons (Fsp3) is 0.250. The van der Waals surface area contributed by atoms with E-state index in [2.05, 4.69) is 23.4 Å². The van der Waals surface area contributed by atoms with Crippen LogP contribution in [0, 0.1) is 0 Å². The number of aromatic nitrogens is 1. The summed E-state index contributed by atoms with van der Waals surface area (Å²) in [6, 6.07) is 11.7. The summed E-state index contributed by atoms with van der Waals surface area (Å²) in [5.74, 6) is -0.672. The van der Waals surface area contributed by atoms with Gasteiger partial charge < -0.3 is 14.4 Å². The van der Waals surface area contributed by atoms with Crippen LogP contribution in [0.1, 0.15) is 28.2 Å². The minimum Gasteiger partial charge on any atom is -0.476 e. The Morgan fingerprint density at radius 3 is 2.95 bits per heavy atom. The van der Waals surface area contributed by atoms with Crippen molar-refractivity contribution in [1.29, 1.82) is 0 Å². The third kappa shape index (κ3) is 3.58. The summed E-state index contributed by atoms with van der Waals surface area (Å²) in [5.41, 5.74) is 1.14. The van der Waals surface area contributed by atoms with Gasteiger partial charge in [-0.15, -0.1) is 11.8 Å². The lowest BCUT2D eigenvalue weighted by Crippen LogP contribution is -2.08. The molecule has 1 atom stereocenters. The van der Waals surface area contributed by atoms with Crippen molar-refractivity contribution in [2.45, 2.75) is 18.3 Å². The van der Waals surface area contributed by atoms with E-state index in [9.17, 15) is 4.79 Å². The smallest absolute Gasteiger partial charge is 0.358 e. The van der Waals surface area contributed by atoms with Crippen LogP contribution in [0.15, 0.2) is 47.0 Å². The largest absolute Gasteiger partial charge is 0.476 e. The highest BCUT2D eigenvalue weighted by Gasteiger charge is 2.19. The first-order valence-electron chi connectivity index (χ1n) is 6.91. The molecule has 5 nitrogen and oxygen atoms in total. The predicted octanol–water partition coefficient (Wildman–Crippen LogP) is 3.44. The van der Waals surface area contributed by atoms with Crippen molar-refractivity contribution in [2.75, 3.05) is 6.61 Å². The zero-order valence-corrected chi connectivity index (χ0v) is 12.6. The van der Waals surface area contributed by atoms with Crippen molar-refractivity contribution in [2.24, 2.45) is 0 Å². The number of ether oxygens (including phenoxy) is 1. The lowest BCUT2D eigenvalue weighted by Gasteiger charge is -2.10. The third-order valence-corrected chi connectivity index (χ3v) is 4.56. The van der Waals surface area contributed by atoms with Gasteiger partial charge in [-0.2, -0.15) is 0 Å². The van der Waals surface area contributed by atoms with Gasteiger partial charge in [-0.1, -0.05) is 41.6 Å². The Labute approximate surface area is 132 Å². The summed E-state index contributed by atoms with van der Waals surface area (Å²) in [6.07, 6.45) is 3.19. The lowest BCUT2D eigenvalue weighted by molar-refractivity contribution is 0.0684. The molecule has 6 heteroatoms. The average Bonchev–Trinajstić information content (AvgIpc) is 3.18.